The van der Waals surface area contributed by atoms with Gasteiger partial charge in [-0.3, -0.25) is 14.6 Å². The number of carbonyl (C=O) groups is 2. The van der Waals surface area contributed by atoms with Crippen molar-refractivity contribution in [2.45, 2.75) is 19.4 Å². The zero-order valence-electron chi connectivity index (χ0n) is 13.8. The molecule has 0 radical (unpaired) electrons. The van der Waals surface area contributed by atoms with Crippen LogP contribution in [-0.2, 0) is 4.74 Å². The minimum absolute atomic E-state index is 0.00830. The lowest BCUT2D eigenvalue weighted by atomic mass is 10.1. The van der Waals surface area contributed by atoms with Gasteiger partial charge in [0.2, 0.25) is 5.91 Å². The molecule has 2 aromatic rings. The predicted octanol–water partition coefficient (Wildman–Crippen LogP) is 2.00. The van der Waals surface area contributed by atoms with Crippen LogP contribution in [0.15, 0.2) is 42.6 Å². The Morgan fingerprint density at radius 1 is 1.21 bits per heavy atom. The number of benzene rings is 1. The van der Waals surface area contributed by atoms with Gasteiger partial charge in [0.25, 0.3) is 5.91 Å². The summed E-state index contributed by atoms with van der Waals surface area (Å²) in [4.78, 5) is 27.6. The molecule has 0 aliphatic carbocycles. The lowest BCUT2D eigenvalue weighted by Gasteiger charge is -2.13. The standard InChI is InChI=1S/C18H21N3O3/c1-3-15(24-2)11-21-18(23)13-6-4-12(5-7-13)16-10-14(17(19)22)8-9-20-16/h4-10,15H,3,11H2,1-2H3,(H2,19,22)(H,21,23). The van der Waals surface area contributed by atoms with Crippen LogP contribution in [0.5, 0.6) is 0 Å². The molecule has 0 aliphatic rings. The van der Waals surface area contributed by atoms with Crippen LogP contribution in [0.3, 0.4) is 0 Å². The van der Waals surface area contributed by atoms with Gasteiger partial charge in [-0.1, -0.05) is 19.1 Å². The van der Waals surface area contributed by atoms with Crippen molar-refractivity contribution in [2.75, 3.05) is 13.7 Å². The highest BCUT2D eigenvalue weighted by molar-refractivity contribution is 5.95. The van der Waals surface area contributed by atoms with Crippen molar-refractivity contribution in [3.63, 3.8) is 0 Å². The fourth-order valence-corrected chi connectivity index (χ4v) is 2.24. The van der Waals surface area contributed by atoms with Crippen molar-refractivity contribution in [2.24, 2.45) is 5.73 Å². The van der Waals surface area contributed by atoms with E-state index in [9.17, 15) is 9.59 Å². The van der Waals surface area contributed by atoms with Crippen LogP contribution in [0.1, 0.15) is 34.1 Å². The monoisotopic (exact) mass is 327 g/mol. The molecular formula is C18H21N3O3. The summed E-state index contributed by atoms with van der Waals surface area (Å²) in [5, 5.41) is 2.84. The van der Waals surface area contributed by atoms with Crippen LogP contribution in [0, 0.1) is 0 Å². The minimum atomic E-state index is -0.502. The van der Waals surface area contributed by atoms with Gasteiger partial charge < -0.3 is 15.8 Å². The molecule has 0 aliphatic heterocycles. The molecule has 0 saturated heterocycles. The average Bonchev–Trinajstić information content (AvgIpc) is 2.62. The molecular weight excluding hydrogens is 306 g/mol. The predicted molar refractivity (Wildman–Crippen MR) is 91.6 cm³/mol. The third-order valence-electron chi connectivity index (χ3n) is 3.77. The van der Waals surface area contributed by atoms with Gasteiger partial charge in [-0.2, -0.15) is 0 Å². The summed E-state index contributed by atoms with van der Waals surface area (Å²) in [7, 11) is 1.63. The number of nitrogens with one attached hydrogen (secondary N) is 1. The van der Waals surface area contributed by atoms with E-state index in [-0.39, 0.29) is 12.0 Å². The molecule has 2 amide bonds. The SMILES string of the molecule is CCC(CNC(=O)c1ccc(-c2cc(C(N)=O)ccn2)cc1)OC. The highest BCUT2D eigenvalue weighted by atomic mass is 16.5. The number of carbonyl (C=O) groups excluding carboxylic acids is 2. The molecule has 0 spiro atoms. The Labute approximate surface area is 141 Å². The Kier molecular flexibility index (Phi) is 6.03. The second-order valence-electron chi connectivity index (χ2n) is 5.35. The fraction of sp³-hybridized carbons (Fsp3) is 0.278. The summed E-state index contributed by atoms with van der Waals surface area (Å²) in [5.41, 5.74) is 7.65. The molecule has 0 fully saturated rings. The van der Waals surface area contributed by atoms with Crippen molar-refractivity contribution >= 4 is 11.8 Å². The number of methoxy groups -OCH3 is 1. The summed E-state index contributed by atoms with van der Waals surface area (Å²) >= 11 is 0. The summed E-state index contributed by atoms with van der Waals surface area (Å²) < 4.78 is 5.23. The van der Waals surface area contributed by atoms with E-state index in [0.29, 0.717) is 23.4 Å². The van der Waals surface area contributed by atoms with Crippen molar-refractivity contribution in [1.82, 2.24) is 10.3 Å². The molecule has 24 heavy (non-hydrogen) atoms. The number of hydrogen-bond donors (Lipinski definition) is 2. The molecule has 1 aromatic heterocycles. The number of aromatic nitrogens is 1. The first-order chi connectivity index (χ1) is 11.5. The molecule has 0 bridgehead atoms. The summed E-state index contributed by atoms with van der Waals surface area (Å²) in [5.74, 6) is -0.658. The van der Waals surface area contributed by atoms with E-state index in [0.717, 1.165) is 12.0 Å². The number of amides is 2. The molecule has 0 saturated carbocycles. The number of primary amides is 1. The van der Waals surface area contributed by atoms with Crippen molar-refractivity contribution in [3.05, 3.63) is 53.7 Å². The summed E-state index contributed by atoms with van der Waals surface area (Å²) in [6.45, 7) is 2.47. The lowest BCUT2D eigenvalue weighted by molar-refractivity contribution is 0.0815. The largest absolute Gasteiger partial charge is 0.380 e. The van der Waals surface area contributed by atoms with E-state index in [4.69, 9.17) is 10.5 Å². The van der Waals surface area contributed by atoms with Crippen LogP contribution < -0.4 is 11.1 Å². The van der Waals surface area contributed by atoms with Gasteiger partial charge in [0, 0.05) is 36.5 Å². The Morgan fingerprint density at radius 3 is 2.50 bits per heavy atom. The molecule has 6 heteroatoms. The van der Waals surface area contributed by atoms with Gasteiger partial charge >= 0.3 is 0 Å². The second kappa shape index (κ2) is 8.21. The Hall–Kier alpha value is -2.73. The van der Waals surface area contributed by atoms with E-state index in [2.05, 4.69) is 10.3 Å². The van der Waals surface area contributed by atoms with Gasteiger partial charge in [-0.15, -0.1) is 0 Å². The van der Waals surface area contributed by atoms with Gasteiger partial charge in [0.1, 0.15) is 0 Å². The van der Waals surface area contributed by atoms with Crippen LogP contribution >= 0.6 is 0 Å². The third kappa shape index (κ3) is 4.39. The van der Waals surface area contributed by atoms with Crippen molar-refractivity contribution < 1.29 is 14.3 Å². The van der Waals surface area contributed by atoms with E-state index >= 15 is 0 Å². The van der Waals surface area contributed by atoms with E-state index in [1.54, 1.807) is 43.5 Å². The second-order valence-corrected chi connectivity index (χ2v) is 5.35. The Morgan fingerprint density at radius 2 is 1.92 bits per heavy atom. The molecule has 1 aromatic carbocycles. The molecule has 6 nitrogen and oxygen atoms in total. The average molecular weight is 327 g/mol. The van der Waals surface area contributed by atoms with E-state index in [1.165, 1.54) is 6.20 Å². The molecule has 1 atom stereocenters. The van der Waals surface area contributed by atoms with E-state index < -0.39 is 5.91 Å². The maximum atomic E-state index is 12.1. The summed E-state index contributed by atoms with van der Waals surface area (Å²) in [6.07, 6.45) is 2.37. The third-order valence-corrected chi connectivity index (χ3v) is 3.77. The fourth-order valence-electron chi connectivity index (χ4n) is 2.24. The Balaban J connectivity index is 2.09. The highest BCUT2D eigenvalue weighted by Gasteiger charge is 2.10. The quantitative estimate of drug-likeness (QED) is 0.813. The van der Waals surface area contributed by atoms with Crippen molar-refractivity contribution in [3.8, 4) is 11.3 Å². The number of nitrogens with zero attached hydrogens (tertiary/aromatic N) is 1. The van der Waals surface area contributed by atoms with Gasteiger partial charge in [0.05, 0.1) is 11.8 Å². The Bertz CT molecular complexity index is 710. The molecule has 1 heterocycles. The van der Waals surface area contributed by atoms with Gasteiger partial charge in [-0.25, -0.2) is 0 Å². The van der Waals surface area contributed by atoms with Crippen LogP contribution in [0.25, 0.3) is 11.3 Å². The number of rotatable bonds is 7. The maximum Gasteiger partial charge on any atom is 0.251 e. The minimum Gasteiger partial charge on any atom is -0.380 e. The zero-order chi connectivity index (χ0) is 17.5. The van der Waals surface area contributed by atoms with Crippen LogP contribution in [0.2, 0.25) is 0 Å². The normalized spacial score (nSPS) is 11.8. The maximum absolute atomic E-state index is 12.1. The number of hydrogen-bond acceptors (Lipinski definition) is 4. The van der Waals surface area contributed by atoms with E-state index in [1.807, 2.05) is 6.92 Å². The van der Waals surface area contributed by atoms with Gasteiger partial charge in [0.15, 0.2) is 0 Å². The van der Waals surface area contributed by atoms with Crippen molar-refractivity contribution in [1.29, 1.82) is 0 Å². The number of nitrogens with two attached hydrogens (primary N) is 1. The van der Waals surface area contributed by atoms with Crippen LogP contribution in [0.4, 0.5) is 0 Å². The number of pyridine rings is 1. The summed E-state index contributed by atoms with van der Waals surface area (Å²) in [6, 6.07) is 10.2. The zero-order valence-corrected chi connectivity index (χ0v) is 13.8. The molecule has 126 valence electrons. The van der Waals surface area contributed by atoms with Gasteiger partial charge in [-0.05, 0) is 30.7 Å². The molecule has 3 N–H and O–H groups in total. The molecule has 2 rings (SSSR count). The first-order valence-corrected chi connectivity index (χ1v) is 7.72. The lowest BCUT2D eigenvalue weighted by Crippen LogP contribution is -2.32. The topological polar surface area (TPSA) is 94.3 Å². The highest BCUT2D eigenvalue weighted by Crippen LogP contribution is 2.18. The van der Waals surface area contributed by atoms with Crippen LogP contribution in [-0.4, -0.2) is 36.6 Å². The number of ether oxygens (including phenoxy) is 1. The first-order valence-electron chi connectivity index (χ1n) is 7.72. The smallest absolute Gasteiger partial charge is 0.251 e. The first kappa shape index (κ1) is 17.6. The molecule has 1 unspecified atom stereocenters.